The summed E-state index contributed by atoms with van der Waals surface area (Å²) in [7, 11) is 4.55. The first-order valence-electron chi connectivity index (χ1n) is 10.9. The quantitative estimate of drug-likeness (QED) is 0.660. The number of hydrogen-bond donors (Lipinski definition) is 1. The van der Waals surface area contributed by atoms with Gasteiger partial charge in [-0.25, -0.2) is 9.59 Å². The van der Waals surface area contributed by atoms with Gasteiger partial charge in [-0.15, -0.1) is 0 Å². The highest BCUT2D eigenvalue weighted by Gasteiger charge is 2.36. The van der Waals surface area contributed by atoms with E-state index in [4.69, 9.17) is 14.2 Å². The summed E-state index contributed by atoms with van der Waals surface area (Å²) in [6.45, 7) is 4.41. The second kappa shape index (κ2) is 10.4. The maximum Gasteiger partial charge on any atom is 0.328 e. The molecule has 2 aromatic carbocycles. The molecule has 1 heterocycles. The molecule has 172 valence electrons. The molecule has 0 saturated carbocycles. The van der Waals surface area contributed by atoms with Gasteiger partial charge >= 0.3 is 12.0 Å². The predicted molar refractivity (Wildman–Crippen MR) is 122 cm³/mol. The largest absolute Gasteiger partial charge is 0.493 e. The van der Waals surface area contributed by atoms with Crippen molar-refractivity contribution in [2.75, 3.05) is 27.9 Å². The minimum Gasteiger partial charge on any atom is -0.493 e. The molecular formula is C25H32N2O5. The van der Waals surface area contributed by atoms with E-state index in [9.17, 15) is 9.59 Å². The van der Waals surface area contributed by atoms with Crippen molar-refractivity contribution in [3.63, 3.8) is 0 Å². The van der Waals surface area contributed by atoms with Gasteiger partial charge in [0.05, 0.1) is 27.4 Å². The van der Waals surface area contributed by atoms with Crippen molar-refractivity contribution in [3.05, 3.63) is 59.2 Å². The van der Waals surface area contributed by atoms with Gasteiger partial charge in [0.25, 0.3) is 0 Å². The molecule has 0 unspecified atom stereocenters. The van der Waals surface area contributed by atoms with Crippen molar-refractivity contribution in [2.24, 2.45) is 5.92 Å². The highest BCUT2D eigenvalue weighted by atomic mass is 16.5. The second-order valence-electron chi connectivity index (χ2n) is 8.00. The van der Waals surface area contributed by atoms with Crippen LogP contribution in [0.5, 0.6) is 11.5 Å². The van der Waals surface area contributed by atoms with Gasteiger partial charge in [0.1, 0.15) is 6.04 Å². The summed E-state index contributed by atoms with van der Waals surface area (Å²) >= 11 is 0. The van der Waals surface area contributed by atoms with Gasteiger partial charge < -0.3 is 24.4 Å². The molecule has 7 heteroatoms. The Morgan fingerprint density at radius 2 is 1.75 bits per heavy atom. The summed E-state index contributed by atoms with van der Waals surface area (Å²) in [4.78, 5) is 27.6. The molecule has 3 atom stereocenters. The van der Waals surface area contributed by atoms with Crippen molar-refractivity contribution in [3.8, 4) is 11.5 Å². The number of nitrogens with one attached hydrogen (secondary N) is 1. The van der Waals surface area contributed by atoms with Gasteiger partial charge in [0.2, 0.25) is 0 Å². The minimum atomic E-state index is -0.708. The Balaban J connectivity index is 2.02. The first-order valence-corrected chi connectivity index (χ1v) is 10.9. The molecular weight excluding hydrogens is 408 g/mol. The molecule has 0 bridgehead atoms. The van der Waals surface area contributed by atoms with E-state index >= 15 is 0 Å². The van der Waals surface area contributed by atoms with E-state index in [1.807, 2.05) is 56.3 Å². The summed E-state index contributed by atoms with van der Waals surface area (Å²) in [6.07, 6.45) is 1.40. The Kier molecular flexibility index (Phi) is 7.62. The standard InChI is InChI=1S/C25H32N2O5/c1-6-16(2)22(24(28)32-5)26-25(29)27-13-12-18-14-20(30-3)21(31-4)15-19(18)23(27)17-10-8-7-9-11-17/h7-11,14-16,22-23H,6,12-13H2,1-5H3,(H,26,29)/t16-,22-,23+/m0/s1. The Bertz CT molecular complexity index is 947. The minimum absolute atomic E-state index is 0.0528. The number of urea groups is 1. The Hall–Kier alpha value is -3.22. The van der Waals surface area contributed by atoms with Gasteiger partial charge in [0, 0.05) is 6.54 Å². The number of amides is 2. The fraction of sp³-hybridized carbons (Fsp3) is 0.440. The van der Waals surface area contributed by atoms with Crippen molar-refractivity contribution in [2.45, 2.75) is 38.8 Å². The molecule has 2 aromatic rings. The molecule has 1 N–H and O–H groups in total. The summed E-state index contributed by atoms with van der Waals surface area (Å²) in [5.74, 6) is 0.788. The van der Waals surface area contributed by atoms with Crippen molar-refractivity contribution in [1.29, 1.82) is 0 Å². The lowest BCUT2D eigenvalue weighted by molar-refractivity contribution is -0.144. The third-order valence-electron chi connectivity index (χ3n) is 6.20. The molecule has 3 rings (SSSR count). The lowest BCUT2D eigenvalue weighted by Gasteiger charge is -2.39. The molecule has 1 aliphatic heterocycles. The number of fused-ring (bicyclic) bond motifs is 1. The van der Waals surface area contributed by atoms with Gasteiger partial charge in [0.15, 0.2) is 11.5 Å². The first-order chi connectivity index (χ1) is 15.4. The lowest BCUT2D eigenvalue weighted by Crippen LogP contribution is -2.53. The van der Waals surface area contributed by atoms with E-state index in [0.29, 0.717) is 24.5 Å². The molecule has 2 amide bonds. The van der Waals surface area contributed by atoms with Crippen LogP contribution in [0.15, 0.2) is 42.5 Å². The zero-order valence-corrected chi connectivity index (χ0v) is 19.4. The number of carbonyl (C=O) groups is 2. The van der Waals surface area contributed by atoms with E-state index in [2.05, 4.69) is 5.32 Å². The van der Waals surface area contributed by atoms with Crippen LogP contribution in [0.3, 0.4) is 0 Å². The molecule has 0 spiro atoms. The summed E-state index contributed by atoms with van der Waals surface area (Å²) < 4.78 is 16.0. The van der Waals surface area contributed by atoms with E-state index in [-0.39, 0.29) is 18.0 Å². The second-order valence-corrected chi connectivity index (χ2v) is 8.00. The van der Waals surface area contributed by atoms with Crippen LogP contribution < -0.4 is 14.8 Å². The van der Waals surface area contributed by atoms with Gasteiger partial charge in [-0.2, -0.15) is 0 Å². The first kappa shape index (κ1) is 23.4. The summed E-state index contributed by atoms with van der Waals surface area (Å²) in [5, 5.41) is 2.93. The summed E-state index contributed by atoms with van der Waals surface area (Å²) in [6, 6.07) is 12.5. The van der Waals surface area contributed by atoms with E-state index in [1.54, 1.807) is 19.1 Å². The van der Waals surface area contributed by atoms with Crippen LogP contribution in [-0.2, 0) is 16.0 Å². The fourth-order valence-corrected chi connectivity index (χ4v) is 4.17. The predicted octanol–water partition coefficient (Wildman–Crippen LogP) is 3.95. The Morgan fingerprint density at radius 3 is 2.34 bits per heavy atom. The van der Waals surface area contributed by atoms with Gasteiger partial charge in [-0.3, -0.25) is 0 Å². The monoisotopic (exact) mass is 440 g/mol. The Morgan fingerprint density at radius 1 is 1.09 bits per heavy atom. The van der Waals surface area contributed by atoms with Crippen LogP contribution in [0.2, 0.25) is 0 Å². The van der Waals surface area contributed by atoms with Crippen molar-refractivity contribution >= 4 is 12.0 Å². The van der Waals surface area contributed by atoms with Crippen LogP contribution in [-0.4, -0.2) is 50.8 Å². The highest BCUT2D eigenvalue weighted by Crippen LogP contribution is 2.41. The van der Waals surface area contributed by atoms with Crippen molar-refractivity contribution < 1.29 is 23.8 Å². The van der Waals surface area contributed by atoms with Crippen LogP contribution in [0.25, 0.3) is 0 Å². The number of carbonyl (C=O) groups excluding carboxylic acids is 2. The summed E-state index contributed by atoms with van der Waals surface area (Å²) in [5.41, 5.74) is 3.06. The highest BCUT2D eigenvalue weighted by molar-refractivity contribution is 5.84. The zero-order valence-electron chi connectivity index (χ0n) is 19.4. The average Bonchev–Trinajstić information content (AvgIpc) is 2.84. The molecule has 1 aliphatic rings. The molecule has 0 aliphatic carbocycles. The van der Waals surface area contributed by atoms with Crippen molar-refractivity contribution in [1.82, 2.24) is 10.2 Å². The molecule has 0 fully saturated rings. The molecule has 0 radical (unpaired) electrons. The van der Waals surface area contributed by atoms with Gasteiger partial charge in [-0.1, -0.05) is 50.6 Å². The maximum absolute atomic E-state index is 13.5. The molecule has 0 aromatic heterocycles. The number of esters is 1. The third kappa shape index (κ3) is 4.66. The SMILES string of the molecule is CC[C@H](C)[C@H](NC(=O)N1CCc2cc(OC)c(OC)cc2[C@H]1c1ccccc1)C(=O)OC. The van der Waals surface area contributed by atoms with Crippen LogP contribution in [0.1, 0.15) is 43.0 Å². The topological polar surface area (TPSA) is 77.1 Å². The number of benzene rings is 2. The number of rotatable bonds is 7. The number of ether oxygens (including phenoxy) is 3. The van der Waals surface area contributed by atoms with Crippen LogP contribution >= 0.6 is 0 Å². The van der Waals surface area contributed by atoms with Crippen LogP contribution in [0, 0.1) is 5.92 Å². The van der Waals surface area contributed by atoms with Gasteiger partial charge in [-0.05, 0) is 41.2 Å². The smallest absolute Gasteiger partial charge is 0.328 e. The number of hydrogen-bond acceptors (Lipinski definition) is 5. The fourth-order valence-electron chi connectivity index (χ4n) is 4.17. The Labute approximate surface area is 189 Å². The third-order valence-corrected chi connectivity index (χ3v) is 6.20. The van der Waals surface area contributed by atoms with Crippen LogP contribution in [0.4, 0.5) is 4.79 Å². The molecule has 32 heavy (non-hydrogen) atoms. The normalized spacial score (nSPS) is 17.0. The number of nitrogens with zero attached hydrogens (tertiary/aromatic N) is 1. The zero-order chi connectivity index (χ0) is 23.3. The maximum atomic E-state index is 13.5. The average molecular weight is 441 g/mol. The lowest BCUT2D eigenvalue weighted by atomic mass is 9.87. The van der Waals surface area contributed by atoms with E-state index in [0.717, 1.165) is 23.1 Å². The molecule has 7 nitrogen and oxygen atoms in total. The van der Waals surface area contributed by atoms with E-state index in [1.165, 1.54) is 7.11 Å². The molecule has 0 saturated heterocycles. The number of methoxy groups -OCH3 is 3. The van der Waals surface area contributed by atoms with E-state index < -0.39 is 12.0 Å².